The fraction of sp³-hybridized carbons (Fsp3) is 0.357. The van der Waals surface area contributed by atoms with Crippen molar-refractivity contribution in [3.8, 4) is 0 Å². The van der Waals surface area contributed by atoms with Crippen LogP contribution in [0.1, 0.15) is 16.7 Å². The molecule has 0 aliphatic carbocycles. The van der Waals surface area contributed by atoms with Crippen molar-refractivity contribution >= 4 is 0 Å². The number of benzene rings is 3. The van der Waals surface area contributed by atoms with Crippen LogP contribution in [0.25, 0.3) is 0 Å². The smallest absolute Gasteiger partial charge is 0.0107 e. The van der Waals surface area contributed by atoms with Gasteiger partial charge in [-0.15, -0.1) is 0 Å². The van der Waals surface area contributed by atoms with E-state index in [1.807, 2.05) is 0 Å². The molecule has 31 heavy (non-hydrogen) atoms. The molecule has 3 aromatic rings. The second kappa shape index (κ2) is 14.5. The molecule has 3 heteroatoms. The van der Waals surface area contributed by atoms with Crippen molar-refractivity contribution in [2.75, 3.05) is 45.8 Å². The van der Waals surface area contributed by atoms with Crippen LogP contribution >= 0.6 is 0 Å². The summed E-state index contributed by atoms with van der Waals surface area (Å²) in [5, 5.41) is 7.15. The third-order valence-electron chi connectivity index (χ3n) is 5.64. The Hall–Kier alpha value is -2.46. The van der Waals surface area contributed by atoms with Crippen molar-refractivity contribution in [3.05, 3.63) is 108 Å². The van der Waals surface area contributed by atoms with Crippen LogP contribution in [0.5, 0.6) is 0 Å². The monoisotopic (exact) mass is 415 g/mol. The fourth-order valence-electron chi connectivity index (χ4n) is 3.74. The van der Waals surface area contributed by atoms with Crippen LogP contribution in [-0.4, -0.2) is 50.7 Å². The van der Waals surface area contributed by atoms with Crippen LogP contribution in [0, 0.1) is 0 Å². The lowest BCUT2D eigenvalue weighted by atomic mass is 10.1. The molecule has 0 saturated heterocycles. The van der Waals surface area contributed by atoms with Gasteiger partial charge in [-0.05, 0) is 42.5 Å². The van der Waals surface area contributed by atoms with Crippen LogP contribution in [0.4, 0.5) is 0 Å². The van der Waals surface area contributed by atoms with E-state index in [-0.39, 0.29) is 0 Å². The van der Waals surface area contributed by atoms with Gasteiger partial charge in [0.05, 0.1) is 0 Å². The molecule has 0 fully saturated rings. The Morgan fingerprint density at radius 1 is 0.419 bits per heavy atom. The van der Waals surface area contributed by atoms with Crippen LogP contribution < -0.4 is 10.6 Å². The molecule has 164 valence electrons. The van der Waals surface area contributed by atoms with E-state index in [1.54, 1.807) is 0 Å². The summed E-state index contributed by atoms with van der Waals surface area (Å²) in [6.45, 7) is 7.39. The topological polar surface area (TPSA) is 27.3 Å². The summed E-state index contributed by atoms with van der Waals surface area (Å²) in [6.07, 6.45) is 3.31. The number of nitrogens with zero attached hydrogens (tertiary/aromatic N) is 1. The highest BCUT2D eigenvalue weighted by atomic mass is 15.1. The van der Waals surface area contributed by atoms with Crippen molar-refractivity contribution in [1.82, 2.24) is 15.5 Å². The summed E-state index contributed by atoms with van der Waals surface area (Å²) in [4.78, 5) is 2.59. The van der Waals surface area contributed by atoms with Crippen LogP contribution in [0.15, 0.2) is 91.0 Å². The summed E-state index contributed by atoms with van der Waals surface area (Å²) in [5.74, 6) is 0. The Morgan fingerprint density at radius 2 is 0.839 bits per heavy atom. The molecule has 0 amide bonds. The minimum absolute atomic E-state index is 1.01. The van der Waals surface area contributed by atoms with Gasteiger partial charge in [0, 0.05) is 39.3 Å². The molecule has 0 spiro atoms. The maximum absolute atomic E-state index is 3.61. The van der Waals surface area contributed by atoms with Crippen LogP contribution in [-0.2, 0) is 19.3 Å². The Labute approximate surface area is 188 Å². The maximum atomic E-state index is 3.61. The fourth-order valence-corrected chi connectivity index (χ4v) is 3.74. The third kappa shape index (κ3) is 9.93. The zero-order valence-electron chi connectivity index (χ0n) is 18.7. The Balaban J connectivity index is 1.32. The summed E-state index contributed by atoms with van der Waals surface area (Å²) >= 11 is 0. The van der Waals surface area contributed by atoms with E-state index in [4.69, 9.17) is 0 Å². The van der Waals surface area contributed by atoms with E-state index in [1.165, 1.54) is 16.7 Å². The SMILES string of the molecule is c1ccc(CCNCCNCCN(CCc2ccccc2)CCc2ccccc2)cc1. The standard InChI is InChI=1S/C28H37N3/c1-4-10-26(11-5-1)16-19-29-20-21-30-22-25-31(23-17-27-12-6-2-7-13-27)24-18-28-14-8-3-9-15-28/h1-15,29-30H,16-25H2. The third-order valence-corrected chi connectivity index (χ3v) is 5.64. The quantitative estimate of drug-likeness (QED) is 0.364. The molecule has 2 N–H and O–H groups in total. The van der Waals surface area contributed by atoms with Crippen molar-refractivity contribution in [3.63, 3.8) is 0 Å². The van der Waals surface area contributed by atoms with Gasteiger partial charge >= 0.3 is 0 Å². The lowest BCUT2D eigenvalue weighted by Gasteiger charge is -2.23. The van der Waals surface area contributed by atoms with E-state index in [2.05, 4.69) is 107 Å². The summed E-state index contributed by atoms with van der Waals surface area (Å²) < 4.78 is 0. The molecule has 0 radical (unpaired) electrons. The molecular weight excluding hydrogens is 378 g/mol. The van der Waals surface area contributed by atoms with Gasteiger partial charge < -0.3 is 15.5 Å². The first-order valence-corrected chi connectivity index (χ1v) is 11.7. The van der Waals surface area contributed by atoms with E-state index in [0.29, 0.717) is 0 Å². The molecule has 0 aliphatic rings. The number of nitrogens with one attached hydrogen (secondary N) is 2. The number of hydrogen-bond donors (Lipinski definition) is 2. The molecule has 0 aromatic heterocycles. The normalized spacial score (nSPS) is 11.1. The zero-order valence-corrected chi connectivity index (χ0v) is 18.7. The molecule has 0 aliphatic heterocycles. The second-order valence-corrected chi connectivity index (χ2v) is 8.05. The van der Waals surface area contributed by atoms with E-state index in [9.17, 15) is 0 Å². The Kier molecular flexibility index (Phi) is 10.9. The van der Waals surface area contributed by atoms with Crippen LogP contribution in [0.3, 0.4) is 0 Å². The molecule has 0 saturated carbocycles. The molecule has 3 rings (SSSR count). The van der Waals surface area contributed by atoms with E-state index >= 15 is 0 Å². The second-order valence-electron chi connectivity index (χ2n) is 8.05. The summed E-state index contributed by atoms with van der Waals surface area (Å²) in [5.41, 5.74) is 4.24. The molecule has 0 atom stereocenters. The van der Waals surface area contributed by atoms with Gasteiger partial charge in [-0.1, -0.05) is 91.0 Å². The van der Waals surface area contributed by atoms with Gasteiger partial charge in [-0.2, -0.15) is 0 Å². The average molecular weight is 416 g/mol. The Morgan fingerprint density at radius 3 is 1.32 bits per heavy atom. The van der Waals surface area contributed by atoms with Gasteiger partial charge in [0.2, 0.25) is 0 Å². The van der Waals surface area contributed by atoms with Crippen molar-refractivity contribution in [2.45, 2.75) is 19.3 Å². The predicted molar refractivity (Wildman–Crippen MR) is 133 cm³/mol. The molecule has 0 unspecified atom stereocenters. The summed E-state index contributed by atoms with van der Waals surface area (Å²) in [7, 11) is 0. The van der Waals surface area contributed by atoms with E-state index in [0.717, 1.165) is 65.1 Å². The van der Waals surface area contributed by atoms with Crippen molar-refractivity contribution < 1.29 is 0 Å². The number of hydrogen-bond acceptors (Lipinski definition) is 3. The maximum Gasteiger partial charge on any atom is 0.0107 e. The minimum atomic E-state index is 1.01. The highest BCUT2D eigenvalue weighted by Gasteiger charge is 2.06. The molecule has 3 nitrogen and oxygen atoms in total. The highest BCUT2D eigenvalue weighted by Crippen LogP contribution is 2.05. The number of rotatable bonds is 15. The highest BCUT2D eigenvalue weighted by molar-refractivity contribution is 5.16. The lowest BCUT2D eigenvalue weighted by Crippen LogP contribution is -2.37. The van der Waals surface area contributed by atoms with Crippen LogP contribution in [0.2, 0.25) is 0 Å². The zero-order chi connectivity index (χ0) is 21.4. The molecule has 0 heterocycles. The van der Waals surface area contributed by atoms with Gasteiger partial charge in [-0.25, -0.2) is 0 Å². The average Bonchev–Trinajstić information content (AvgIpc) is 2.84. The predicted octanol–water partition coefficient (Wildman–Crippen LogP) is 4.20. The van der Waals surface area contributed by atoms with Gasteiger partial charge in [0.15, 0.2) is 0 Å². The first-order chi connectivity index (χ1) is 15.4. The Bertz CT molecular complexity index is 762. The van der Waals surface area contributed by atoms with Gasteiger partial charge in [0.25, 0.3) is 0 Å². The van der Waals surface area contributed by atoms with E-state index < -0.39 is 0 Å². The van der Waals surface area contributed by atoms with Crippen molar-refractivity contribution in [2.24, 2.45) is 0 Å². The lowest BCUT2D eigenvalue weighted by molar-refractivity contribution is 0.279. The van der Waals surface area contributed by atoms with Gasteiger partial charge in [0.1, 0.15) is 0 Å². The molecule has 0 bridgehead atoms. The molecular formula is C28H37N3. The molecule has 3 aromatic carbocycles. The first kappa shape index (κ1) is 23.2. The first-order valence-electron chi connectivity index (χ1n) is 11.7. The van der Waals surface area contributed by atoms with Gasteiger partial charge in [-0.3, -0.25) is 0 Å². The summed E-state index contributed by atoms with van der Waals surface area (Å²) in [6, 6.07) is 32.3. The minimum Gasteiger partial charge on any atom is -0.315 e. The van der Waals surface area contributed by atoms with Crippen molar-refractivity contribution in [1.29, 1.82) is 0 Å². The largest absolute Gasteiger partial charge is 0.315 e.